The lowest BCUT2D eigenvalue weighted by molar-refractivity contribution is 1.15. The maximum absolute atomic E-state index is 4.29. The first-order valence-corrected chi connectivity index (χ1v) is 5.19. The number of aromatic nitrogens is 3. The average molecular weight is 209 g/mol. The summed E-state index contributed by atoms with van der Waals surface area (Å²) in [5, 5.41) is 0. The number of rotatable bonds is 1. The number of aryl methyl sites for hydroxylation is 1. The molecule has 3 heteroatoms. The van der Waals surface area contributed by atoms with Gasteiger partial charge in [-0.15, -0.1) is 0 Å². The molecule has 0 amide bonds. The molecule has 0 aromatic carbocycles. The Labute approximate surface area is 93.4 Å². The highest BCUT2D eigenvalue weighted by Gasteiger charge is 2.06. The van der Waals surface area contributed by atoms with E-state index in [-0.39, 0.29) is 0 Å². The summed E-state index contributed by atoms with van der Waals surface area (Å²) in [5.74, 6) is 0. The molecule has 0 saturated carbocycles. The third-order valence-electron chi connectivity index (χ3n) is 2.70. The number of imidazole rings is 1. The monoisotopic (exact) mass is 209 g/mol. The first kappa shape index (κ1) is 9.09. The van der Waals surface area contributed by atoms with Crippen molar-refractivity contribution in [2.75, 3.05) is 0 Å². The van der Waals surface area contributed by atoms with Gasteiger partial charge in [0.25, 0.3) is 0 Å². The highest BCUT2D eigenvalue weighted by Crippen LogP contribution is 2.23. The molecule has 0 aliphatic rings. The van der Waals surface area contributed by atoms with Crippen molar-refractivity contribution < 1.29 is 0 Å². The molecular weight excluding hydrogens is 198 g/mol. The molecule has 0 spiro atoms. The van der Waals surface area contributed by atoms with Crippen LogP contribution in [-0.4, -0.2) is 14.4 Å². The molecule has 3 rings (SSSR count). The second-order valence-corrected chi connectivity index (χ2v) is 3.76. The smallest absolute Gasteiger partial charge is 0.137 e. The molecule has 78 valence electrons. The lowest BCUT2D eigenvalue weighted by atomic mass is 10.1. The van der Waals surface area contributed by atoms with E-state index in [0.29, 0.717) is 0 Å². The largest absolute Gasteiger partial charge is 0.299 e. The highest BCUT2D eigenvalue weighted by molar-refractivity contribution is 5.66. The standard InChI is InChI=1S/C13H11N3/c1-10-4-5-12-15-7-8-16(12)13(10)11-3-2-6-14-9-11/h2-9H,1H3. The topological polar surface area (TPSA) is 30.2 Å². The molecule has 0 aliphatic heterocycles. The van der Waals surface area contributed by atoms with Gasteiger partial charge < -0.3 is 0 Å². The molecule has 3 aromatic rings. The van der Waals surface area contributed by atoms with E-state index >= 15 is 0 Å². The van der Waals surface area contributed by atoms with Crippen molar-refractivity contribution in [3.05, 3.63) is 54.6 Å². The van der Waals surface area contributed by atoms with E-state index in [0.717, 1.165) is 16.9 Å². The van der Waals surface area contributed by atoms with Gasteiger partial charge >= 0.3 is 0 Å². The highest BCUT2D eigenvalue weighted by atomic mass is 15.0. The average Bonchev–Trinajstić information content (AvgIpc) is 2.78. The predicted molar refractivity (Wildman–Crippen MR) is 63.2 cm³/mol. The van der Waals surface area contributed by atoms with Crippen molar-refractivity contribution in [1.29, 1.82) is 0 Å². The Morgan fingerprint density at radius 3 is 2.88 bits per heavy atom. The minimum Gasteiger partial charge on any atom is -0.299 e. The number of hydrogen-bond acceptors (Lipinski definition) is 2. The molecule has 0 atom stereocenters. The van der Waals surface area contributed by atoms with Crippen LogP contribution in [0.25, 0.3) is 16.9 Å². The molecule has 0 N–H and O–H groups in total. The summed E-state index contributed by atoms with van der Waals surface area (Å²) < 4.78 is 2.09. The summed E-state index contributed by atoms with van der Waals surface area (Å²) in [6.07, 6.45) is 7.45. The van der Waals surface area contributed by atoms with Gasteiger partial charge in [0.2, 0.25) is 0 Å². The number of fused-ring (bicyclic) bond motifs is 1. The van der Waals surface area contributed by atoms with Gasteiger partial charge in [-0.1, -0.05) is 6.07 Å². The van der Waals surface area contributed by atoms with Crippen LogP contribution in [0.5, 0.6) is 0 Å². The molecule has 0 saturated heterocycles. The predicted octanol–water partition coefficient (Wildman–Crippen LogP) is 2.70. The third-order valence-corrected chi connectivity index (χ3v) is 2.70. The van der Waals surface area contributed by atoms with Crippen LogP contribution >= 0.6 is 0 Å². The molecule has 0 bridgehead atoms. The van der Waals surface area contributed by atoms with Gasteiger partial charge in [0.05, 0.1) is 5.69 Å². The fourth-order valence-electron chi connectivity index (χ4n) is 1.97. The van der Waals surface area contributed by atoms with Gasteiger partial charge in [0.1, 0.15) is 5.65 Å². The van der Waals surface area contributed by atoms with Crippen molar-refractivity contribution in [3.8, 4) is 11.3 Å². The van der Waals surface area contributed by atoms with Crippen LogP contribution in [0.1, 0.15) is 5.56 Å². The molecule has 3 aromatic heterocycles. The first-order chi connectivity index (χ1) is 7.86. The maximum atomic E-state index is 4.29. The Morgan fingerprint density at radius 2 is 2.06 bits per heavy atom. The minimum atomic E-state index is 0.962. The van der Waals surface area contributed by atoms with E-state index in [9.17, 15) is 0 Å². The fourth-order valence-corrected chi connectivity index (χ4v) is 1.97. The molecule has 0 unspecified atom stereocenters. The van der Waals surface area contributed by atoms with E-state index in [1.165, 1.54) is 5.56 Å². The fraction of sp³-hybridized carbons (Fsp3) is 0.0769. The third kappa shape index (κ3) is 1.29. The van der Waals surface area contributed by atoms with Crippen molar-refractivity contribution in [2.24, 2.45) is 0 Å². The summed E-state index contributed by atoms with van der Waals surface area (Å²) in [4.78, 5) is 8.45. The van der Waals surface area contributed by atoms with Gasteiger partial charge in [0, 0.05) is 30.4 Å². The van der Waals surface area contributed by atoms with E-state index in [2.05, 4.69) is 33.4 Å². The molecule has 3 nitrogen and oxygen atoms in total. The number of hydrogen-bond donors (Lipinski definition) is 0. The Balaban J connectivity index is 2.38. The van der Waals surface area contributed by atoms with Gasteiger partial charge in [-0.3, -0.25) is 9.38 Å². The lowest BCUT2D eigenvalue weighted by Gasteiger charge is -2.08. The summed E-state index contributed by atoms with van der Waals surface area (Å²) in [5.41, 5.74) is 4.45. The summed E-state index contributed by atoms with van der Waals surface area (Å²) in [7, 11) is 0. The van der Waals surface area contributed by atoms with Gasteiger partial charge in [0.15, 0.2) is 0 Å². The molecule has 3 heterocycles. The van der Waals surface area contributed by atoms with E-state index < -0.39 is 0 Å². The zero-order chi connectivity index (χ0) is 11.0. The maximum Gasteiger partial charge on any atom is 0.137 e. The Bertz CT molecular complexity index is 626. The minimum absolute atomic E-state index is 0.962. The Hall–Kier alpha value is -2.16. The summed E-state index contributed by atoms with van der Waals surface area (Å²) in [6, 6.07) is 8.12. The lowest BCUT2D eigenvalue weighted by Crippen LogP contribution is -1.94. The quantitative estimate of drug-likeness (QED) is 0.616. The van der Waals surface area contributed by atoms with Crippen molar-refractivity contribution in [3.63, 3.8) is 0 Å². The van der Waals surface area contributed by atoms with Crippen molar-refractivity contribution in [2.45, 2.75) is 6.92 Å². The molecule has 16 heavy (non-hydrogen) atoms. The Morgan fingerprint density at radius 1 is 1.12 bits per heavy atom. The zero-order valence-electron chi connectivity index (χ0n) is 8.96. The summed E-state index contributed by atoms with van der Waals surface area (Å²) >= 11 is 0. The van der Waals surface area contributed by atoms with E-state index in [4.69, 9.17) is 0 Å². The van der Waals surface area contributed by atoms with Crippen molar-refractivity contribution in [1.82, 2.24) is 14.4 Å². The first-order valence-electron chi connectivity index (χ1n) is 5.19. The van der Waals surface area contributed by atoms with Gasteiger partial charge in [-0.25, -0.2) is 4.98 Å². The Kier molecular flexibility index (Phi) is 1.96. The molecule has 0 aliphatic carbocycles. The normalized spacial score (nSPS) is 10.8. The van der Waals surface area contributed by atoms with Crippen molar-refractivity contribution >= 4 is 5.65 Å². The molecular formula is C13H11N3. The van der Waals surface area contributed by atoms with Crippen LogP contribution in [0.15, 0.2) is 49.1 Å². The molecule has 0 fully saturated rings. The summed E-state index contributed by atoms with van der Waals surface area (Å²) in [6.45, 7) is 2.10. The van der Waals surface area contributed by atoms with Crippen LogP contribution in [0, 0.1) is 6.92 Å². The number of nitrogens with zero attached hydrogens (tertiary/aromatic N) is 3. The van der Waals surface area contributed by atoms with Crippen LogP contribution < -0.4 is 0 Å². The van der Waals surface area contributed by atoms with E-state index in [1.54, 1.807) is 6.20 Å². The van der Waals surface area contributed by atoms with Gasteiger partial charge in [-0.05, 0) is 30.7 Å². The van der Waals surface area contributed by atoms with Crippen LogP contribution in [0.2, 0.25) is 0 Å². The van der Waals surface area contributed by atoms with Crippen LogP contribution in [0.3, 0.4) is 0 Å². The molecule has 0 radical (unpaired) electrons. The van der Waals surface area contributed by atoms with E-state index in [1.807, 2.05) is 30.7 Å². The van der Waals surface area contributed by atoms with Crippen LogP contribution in [-0.2, 0) is 0 Å². The second-order valence-electron chi connectivity index (χ2n) is 3.76. The zero-order valence-corrected chi connectivity index (χ0v) is 8.96. The second kappa shape index (κ2) is 3.45. The van der Waals surface area contributed by atoms with Gasteiger partial charge in [-0.2, -0.15) is 0 Å². The number of pyridine rings is 2. The SMILES string of the molecule is Cc1ccc2nccn2c1-c1cccnc1. The van der Waals surface area contributed by atoms with Crippen LogP contribution in [0.4, 0.5) is 0 Å².